The molecule has 3 atom stereocenters. The van der Waals surface area contributed by atoms with Gasteiger partial charge in [-0.15, -0.1) is 0 Å². The summed E-state index contributed by atoms with van der Waals surface area (Å²) >= 11 is 0. The van der Waals surface area contributed by atoms with E-state index in [0.29, 0.717) is 30.7 Å². The molecule has 0 aliphatic rings. The van der Waals surface area contributed by atoms with E-state index in [9.17, 15) is 39.0 Å². The Morgan fingerprint density at radius 2 is 1.60 bits per heavy atom. The van der Waals surface area contributed by atoms with E-state index in [4.69, 9.17) is 21.7 Å². The number of carbonyl (C=O) groups excluding carboxylic acids is 5. The third kappa shape index (κ3) is 15.5. The maximum absolute atomic E-state index is 13.6. The SMILES string of the molecule is CCCCOc1nc(N)c2nc(O)n(Cc3ccc(NC(=O)[C@H](CCCNC(N)=O)NC(=O)[C@@H](NC(=O)CCC(=O)N[C@@H](CCCCN=[N+]=[N-])C(=O)O)C(C)C)cc3)c2n1. The fraction of sp³-hybridized carbons (Fsp3) is 0.541. The molecule has 6 amide bonds. The summed E-state index contributed by atoms with van der Waals surface area (Å²) in [4.78, 5) is 90.6. The highest BCUT2D eigenvalue weighted by Gasteiger charge is 2.29. The Bertz CT molecular complexity index is 2000. The maximum atomic E-state index is 13.6. The number of carboxylic acid groups (broad SMARTS) is 1. The lowest BCUT2D eigenvalue weighted by Crippen LogP contribution is -2.54. The number of hydrogen-bond donors (Lipinski definition) is 9. The first-order chi connectivity index (χ1) is 28.6. The number of benzene rings is 1. The van der Waals surface area contributed by atoms with E-state index in [0.717, 1.165) is 12.8 Å². The van der Waals surface area contributed by atoms with Crippen molar-refractivity contribution in [2.45, 2.75) is 103 Å². The molecular formula is C37H54N14O9. The minimum Gasteiger partial charge on any atom is -0.480 e. The van der Waals surface area contributed by atoms with Gasteiger partial charge in [0, 0.05) is 36.5 Å². The topological polar surface area (TPSA) is 357 Å². The van der Waals surface area contributed by atoms with Gasteiger partial charge in [-0.3, -0.25) is 23.7 Å². The summed E-state index contributed by atoms with van der Waals surface area (Å²) in [5, 5.41) is 36.3. The van der Waals surface area contributed by atoms with Crippen LogP contribution in [-0.4, -0.2) is 103 Å². The lowest BCUT2D eigenvalue weighted by Gasteiger charge is -2.25. The lowest BCUT2D eigenvalue weighted by molar-refractivity contribution is -0.142. The van der Waals surface area contributed by atoms with Crippen molar-refractivity contribution >= 4 is 58.3 Å². The predicted molar refractivity (Wildman–Crippen MR) is 218 cm³/mol. The van der Waals surface area contributed by atoms with Crippen LogP contribution in [-0.2, 0) is 30.5 Å². The van der Waals surface area contributed by atoms with E-state index in [1.54, 1.807) is 38.1 Å². The number of urea groups is 1. The Kier molecular flexibility index (Phi) is 19.1. The van der Waals surface area contributed by atoms with E-state index < -0.39 is 59.7 Å². The van der Waals surface area contributed by atoms with Crippen molar-refractivity contribution < 1.29 is 43.7 Å². The number of nitrogens with two attached hydrogens (primary N) is 2. The number of aromatic hydroxyl groups is 1. The highest BCUT2D eigenvalue weighted by atomic mass is 16.5. The van der Waals surface area contributed by atoms with Crippen molar-refractivity contribution in [3.05, 3.63) is 40.3 Å². The highest BCUT2D eigenvalue weighted by molar-refractivity contribution is 5.98. The number of ether oxygens (including phenoxy) is 1. The van der Waals surface area contributed by atoms with Crippen LogP contribution < -0.4 is 42.8 Å². The normalized spacial score (nSPS) is 12.4. The number of rotatable bonds is 26. The summed E-state index contributed by atoms with van der Waals surface area (Å²) in [6.07, 6.45) is 2.25. The molecule has 11 N–H and O–H groups in total. The second-order valence-corrected chi connectivity index (χ2v) is 14.1. The molecule has 0 saturated heterocycles. The van der Waals surface area contributed by atoms with Crippen LogP contribution >= 0.6 is 0 Å². The fourth-order valence-electron chi connectivity index (χ4n) is 5.77. The number of aliphatic carboxylic acids is 1. The second kappa shape index (κ2) is 24.1. The van der Waals surface area contributed by atoms with E-state index >= 15 is 0 Å². The number of carbonyl (C=O) groups is 6. The van der Waals surface area contributed by atoms with Gasteiger partial charge in [-0.05, 0) is 61.2 Å². The van der Waals surface area contributed by atoms with Crippen molar-refractivity contribution in [2.75, 3.05) is 30.7 Å². The molecule has 0 aliphatic carbocycles. The number of aromatic nitrogens is 4. The van der Waals surface area contributed by atoms with E-state index in [-0.39, 0.29) is 80.7 Å². The monoisotopic (exact) mass is 838 g/mol. The van der Waals surface area contributed by atoms with Gasteiger partial charge in [0.05, 0.1) is 13.2 Å². The van der Waals surface area contributed by atoms with Gasteiger partial charge in [0.1, 0.15) is 18.1 Å². The Morgan fingerprint density at radius 3 is 2.23 bits per heavy atom. The van der Waals surface area contributed by atoms with Crippen molar-refractivity contribution in [1.29, 1.82) is 0 Å². The molecule has 0 spiro atoms. The van der Waals surface area contributed by atoms with E-state index in [1.165, 1.54) is 4.57 Å². The average molecular weight is 839 g/mol. The summed E-state index contributed by atoms with van der Waals surface area (Å²) in [7, 11) is 0. The van der Waals surface area contributed by atoms with Crippen LogP contribution in [0.2, 0.25) is 0 Å². The Balaban J connectivity index is 1.65. The third-order valence-corrected chi connectivity index (χ3v) is 9.02. The molecule has 2 aromatic heterocycles. The summed E-state index contributed by atoms with van der Waals surface area (Å²) in [5.74, 6) is -4.25. The minimum atomic E-state index is -1.25. The summed E-state index contributed by atoms with van der Waals surface area (Å²) in [6.45, 7) is 6.21. The van der Waals surface area contributed by atoms with Crippen molar-refractivity contribution in [1.82, 2.24) is 40.8 Å². The summed E-state index contributed by atoms with van der Waals surface area (Å²) < 4.78 is 7.05. The number of carboxylic acids is 1. The van der Waals surface area contributed by atoms with Crippen molar-refractivity contribution in [3.63, 3.8) is 0 Å². The number of primary amides is 1. The molecule has 2 heterocycles. The number of nitrogen functional groups attached to an aromatic ring is 1. The van der Waals surface area contributed by atoms with Gasteiger partial charge in [0.15, 0.2) is 17.0 Å². The largest absolute Gasteiger partial charge is 0.480 e. The molecule has 23 nitrogen and oxygen atoms in total. The maximum Gasteiger partial charge on any atom is 0.326 e. The molecule has 1 aromatic carbocycles. The van der Waals surface area contributed by atoms with Crippen molar-refractivity contribution in [2.24, 2.45) is 16.8 Å². The van der Waals surface area contributed by atoms with Crippen LogP contribution in [0.1, 0.15) is 84.1 Å². The molecule has 0 aliphatic heterocycles. The number of fused-ring (bicyclic) bond motifs is 1. The number of nitrogens with zero attached hydrogens (tertiary/aromatic N) is 7. The predicted octanol–water partition coefficient (Wildman–Crippen LogP) is 2.18. The minimum absolute atomic E-state index is 0.0500. The second-order valence-electron chi connectivity index (χ2n) is 14.1. The zero-order chi connectivity index (χ0) is 44.2. The van der Waals surface area contributed by atoms with E-state index in [1.807, 2.05) is 6.92 Å². The fourth-order valence-corrected chi connectivity index (χ4v) is 5.77. The number of azide groups is 1. The van der Waals surface area contributed by atoms with Gasteiger partial charge >= 0.3 is 18.0 Å². The molecule has 3 aromatic rings. The molecule has 3 rings (SSSR count). The zero-order valence-corrected chi connectivity index (χ0v) is 33.8. The summed E-state index contributed by atoms with van der Waals surface area (Å²) in [5.41, 5.74) is 21.1. The molecule has 326 valence electrons. The lowest BCUT2D eigenvalue weighted by atomic mass is 10.0. The molecular weight excluding hydrogens is 784 g/mol. The average Bonchev–Trinajstić information content (AvgIpc) is 3.51. The van der Waals surface area contributed by atoms with Crippen LogP contribution in [0, 0.1) is 5.92 Å². The number of anilines is 2. The molecule has 0 radical (unpaired) electrons. The third-order valence-electron chi connectivity index (χ3n) is 9.02. The molecule has 23 heteroatoms. The first-order valence-corrected chi connectivity index (χ1v) is 19.5. The van der Waals surface area contributed by atoms with Gasteiger partial charge in [-0.25, -0.2) is 9.59 Å². The zero-order valence-electron chi connectivity index (χ0n) is 33.8. The van der Waals surface area contributed by atoms with E-state index in [2.05, 4.69) is 51.6 Å². The molecule has 0 unspecified atom stereocenters. The number of hydrogen-bond acceptors (Lipinski definition) is 13. The van der Waals surface area contributed by atoms with Gasteiger partial charge < -0.3 is 53.0 Å². The highest BCUT2D eigenvalue weighted by Crippen LogP contribution is 2.26. The Morgan fingerprint density at radius 1 is 0.917 bits per heavy atom. The van der Waals surface area contributed by atoms with Crippen molar-refractivity contribution in [3.8, 4) is 12.0 Å². The number of amides is 6. The molecule has 60 heavy (non-hydrogen) atoms. The first kappa shape index (κ1) is 47.5. The van der Waals surface area contributed by atoms with Crippen LogP contribution in [0.15, 0.2) is 29.4 Å². The number of imidazole rings is 1. The Hall–Kier alpha value is -6.90. The smallest absolute Gasteiger partial charge is 0.326 e. The standard InChI is InChI=1S/C37H54N14O9/c1-4-5-19-60-36-48-30(38)29-31(49-36)51(37(59)47-29)20-22-11-13-23(14-12-22)43-32(54)24(10-8-17-41-35(39)58)45-33(55)28(21(2)3)46-27(53)16-15-26(52)44-25(34(56)57)9-6-7-18-42-50-40/h11-14,21,24-25,28H,4-10,15-20H2,1-3H3,(H,43,54)(H,44,52)(H,45,55)(H,46,53)(H,47,59)(H,56,57)(H2,38,48,49)(H3,39,41,58)/t24-,25-,28-/m0/s1. The van der Waals surface area contributed by atoms with Gasteiger partial charge in [-0.1, -0.05) is 50.9 Å². The summed E-state index contributed by atoms with van der Waals surface area (Å²) in [6, 6.07) is 2.18. The van der Waals surface area contributed by atoms with Crippen LogP contribution in [0.25, 0.3) is 21.6 Å². The van der Waals surface area contributed by atoms with Crippen LogP contribution in [0.3, 0.4) is 0 Å². The molecule has 0 fully saturated rings. The van der Waals surface area contributed by atoms with Crippen LogP contribution in [0.4, 0.5) is 16.3 Å². The van der Waals surface area contributed by atoms with Gasteiger partial charge in [0.25, 0.3) is 6.01 Å². The number of nitrogens with one attached hydrogen (secondary N) is 5. The van der Waals surface area contributed by atoms with Gasteiger partial charge in [0.2, 0.25) is 23.6 Å². The van der Waals surface area contributed by atoms with Gasteiger partial charge in [-0.2, -0.15) is 15.0 Å². The van der Waals surface area contributed by atoms with Crippen LogP contribution in [0.5, 0.6) is 12.0 Å². The quantitative estimate of drug-likeness (QED) is 0.0243. The Labute approximate surface area is 345 Å². The molecule has 0 saturated carbocycles. The number of unbranched alkanes of at least 4 members (excludes halogenated alkanes) is 2. The first-order valence-electron chi connectivity index (χ1n) is 19.5. The molecule has 0 bridgehead atoms.